The van der Waals surface area contributed by atoms with Crippen LogP contribution in [0.15, 0.2) is 67.1 Å². The second-order valence-corrected chi connectivity index (χ2v) is 9.92. The first-order valence-electron chi connectivity index (χ1n) is 11.9. The molecule has 7 rings (SSSR count). The highest BCUT2D eigenvalue weighted by Gasteiger charge is 2.53. The van der Waals surface area contributed by atoms with Crippen LogP contribution in [0.5, 0.6) is 0 Å². The number of benzene rings is 2. The smallest absolute Gasteiger partial charge is 0.319 e. The van der Waals surface area contributed by atoms with Crippen LogP contribution in [0.4, 0.5) is 10.5 Å². The number of imidazole rings is 1. The first-order valence-corrected chi connectivity index (χ1v) is 11.9. The Kier molecular flexibility index (Phi) is 4.64. The maximum absolute atomic E-state index is 13.7. The summed E-state index contributed by atoms with van der Waals surface area (Å²) in [4.78, 5) is 30.7. The normalized spacial score (nSPS) is 27.0. The molecule has 1 aliphatic heterocycles. The van der Waals surface area contributed by atoms with Crippen molar-refractivity contribution >= 4 is 17.5 Å². The SMILES string of the molecule is O=C(Nc1ccccc1)NC12CCC(C(=O)CC3c4ccccc4-c4cncn43)(CC1)CC2. The van der Waals surface area contributed by atoms with E-state index in [4.69, 9.17) is 0 Å². The van der Waals surface area contributed by atoms with Gasteiger partial charge >= 0.3 is 6.03 Å². The fraction of sp³-hybridized carbons (Fsp3) is 0.370. The second kappa shape index (κ2) is 7.58. The van der Waals surface area contributed by atoms with Gasteiger partial charge in [-0.05, 0) is 56.2 Å². The predicted molar refractivity (Wildman–Crippen MR) is 127 cm³/mol. The van der Waals surface area contributed by atoms with Crippen LogP contribution in [0.3, 0.4) is 0 Å². The summed E-state index contributed by atoms with van der Waals surface area (Å²) in [6.45, 7) is 0. The molecule has 3 saturated carbocycles. The fourth-order valence-corrected chi connectivity index (χ4v) is 6.25. The number of urea groups is 1. The van der Waals surface area contributed by atoms with Crippen molar-refractivity contribution in [1.29, 1.82) is 0 Å². The topological polar surface area (TPSA) is 76.0 Å². The lowest BCUT2D eigenvalue weighted by atomic mass is 9.55. The maximum Gasteiger partial charge on any atom is 0.319 e. The molecule has 0 saturated heterocycles. The number of anilines is 1. The minimum absolute atomic E-state index is 0.0314. The number of carbonyl (C=O) groups is 2. The second-order valence-electron chi connectivity index (χ2n) is 9.92. The number of amides is 2. The van der Waals surface area contributed by atoms with Crippen LogP contribution in [0.1, 0.15) is 56.6 Å². The van der Waals surface area contributed by atoms with Crippen molar-refractivity contribution in [1.82, 2.24) is 14.9 Å². The first kappa shape index (κ1) is 20.2. The number of carbonyl (C=O) groups excluding carboxylic acids is 2. The van der Waals surface area contributed by atoms with E-state index >= 15 is 0 Å². The van der Waals surface area contributed by atoms with Crippen molar-refractivity contribution in [2.24, 2.45) is 5.41 Å². The number of hydrogen-bond donors (Lipinski definition) is 2. The molecule has 4 aliphatic rings. The highest BCUT2D eigenvalue weighted by molar-refractivity contribution is 5.90. The Morgan fingerprint density at radius 3 is 2.39 bits per heavy atom. The van der Waals surface area contributed by atoms with Crippen molar-refractivity contribution in [3.05, 3.63) is 72.7 Å². The van der Waals surface area contributed by atoms with E-state index in [1.165, 1.54) is 11.1 Å². The Bertz CT molecular complexity index is 1190. The van der Waals surface area contributed by atoms with Crippen LogP contribution in [-0.4, -0.2) is 26.9 Å². The molecule has 1 aromatic heterocycles. The molecule has 33 heavy (non-hydrogen) atoms. The molecule has 3 fully saturated rings. The van der Waals surface area contributed by atoms with E-state index < -0.39 is 0 Å². The van der Waals surface area contributed by atoms with Crippen LogP contribution in [-0.2, 0) is 4.79 Å². The van der Waals surface area contributed by atoms with Crippen LogP contribution >= 0.6 is 0 Å². The Balaban J connectivity index is 1.13. The number of Topliss-reactive ketones (excluding diaryl/α,β-unsaturated/α-hetero) is 1. The molecule has 1 atom stereocenters. The molecule has 168 valence electrons. The third kappa shape index (κ3) is 3.36. The molecule has 6 heteroatoms. The van der Waals surface area contributed by atoms with Crippen molar-refractivity contribution in [2.45, 2.75) is 56.5 Å². The minimum Gasteiger partial charge on any atom is -0.332 e. The van der Waals surface area contributed by atoms with Crippen molar-refractivity contribution in [3.8, 4) is 11.3 Å². The average Bonchev–Trinajstić information content (AvgIpc) is 3.43. The van der Waals surface area contributed by atoms with Gasteiger partial charge in [0.15, 0.2) is 0 Å². The van der Waals surface area contributed by atoms with Gasteiger partial charge in [-0.1, -0.05) is 42.5 Å². The molecule has 2 aromatic carbocycles. The van der Waals surface area contributed by atoms with Gasteiger partial charge in [-0.2, -0.15) is 0 Å². The molecular weight excluding hydrogens is 412 g/mol. The van der Waals surface area contributed by atoms with Gasteiger partial charge in [-0.15, -0.1) is 0 Å². The number of nitrogens with one attached hydrogen (secondary N) is 2. The Morgan fingerprint density at radius 1 is 0.939 bits per heavy atom. The van der Waals surface area contributed by atoms with Crippen molar-refractivity contribution < 1.29 is 9.59 Å². The molecule has 2 N–H and O–H groups in total. The highest BCUT2D eigenvalue weighted by atomic mass is 16.2. The largest absolute Gasteiger partial charge is 0.332 e. The van der Waals surface area contributed by atoms with Gasteiger partial charge in [0, 0.05) is 28.6 Å². The summed E-state index contributed by atoms with van der Waals surface area (Å²) in [6.07, 6.45) is 9.38. The van der Waals surface area contributed by atoms with Gasteiger partial charge in [0.25, 0.3) is 0 Å². The third-order valence-electron chi connectivity index (χ3n) is 8.22. The molecule has 3 aromatic rings. The summed E-state index contributed by atoms with van der Waals surface area (Å²) in [7, 11) is 0. The summed E-state index contributed by atoms with van der Waals surface area (Å²) in [5.74, 6) is 0.367. The molecule has 0 radical (unpaired) electrons. The van der Waals surface area contributed by atoms with E-state index in [-0.39, 0.29) is 23.0 Å². The van der Waals surface area contributed by atoms with Crippen molar-refractivity contribution in [2.75, 3.05) is 5.32 Å². The molecule has 3 aliphatic carbocycles. The van der Waals surface area contributed by atoms with Gasteiger partial charge < -0.3 is 15.2 Å². The Morgan fingerprint density at radius 2 is 1.64 bits per heavy atom. The molecule has 0 spiro atoms. The monoisotopic (exact) mass is 440 g/mol. The standard InChI is InChI=1S/C27H28N4O2/c32-24(16-22-20-8-4-5-9-21(20)23-17-28-18-31(22)23)26-10-13-27(14-11-26,15-12-26)30-25(33)29-19-6-2-1-3-7-19/h1-9,17-18,22H,10-16H2,(H2,29,30,33). The summed E-state index contributed by atoms with van der Waals surface area (Å²) >= 11 is 0. The zero-order chi connectivity index (χ0) is 22.5. The quantitative estimate of drug-likeness (QED) is 0.563. The van der Waals surface area contributed by atoms with Gasteiger partial charge in [0.2, 0.25) is 0 Å². The number of rotatable bonds is 5. The fourth-order valence-electron chi connectivity index (χ4n) is 6.25. The van der Waals surface area contributed by atoms with Crippen LogP contribution < -0.4 is 10.6 Å². The predicted octanol–water partition coefficient (Wildman–Crippen LogP) is 5.33. The summed E-state index contributed by atoms with van der Waals surface area (Å²) in [5, 5.41) is 6.18. The van der Waals surface area contributed by atoms with Crippen molar-refractivity contribution in [3.63, 3.8) is 0 Å². The van der Waals surface area contributed by atoms with E-state index in [9.17, 15) is 9.59 Å². The van der Waals surface area contributed by atoms with Gasteiger partial charge in [-0.25, -0.2) is 9.78 Å². The molecule has 2 bridgehead atoms. The van der Waals surface area contributed by atoms with Gasteiger partial charge in [0.1, 0.15) is 5.78 Å². The number of aromatic nitrogens is 2. The van der Waals surface area contributed by atoms with Crippen LogP contribution in [0, 0.1) is 5.41 Å². The minimum atomic E-state index is -0.252. The molecular formula is C27H28N4O2. The number of nitrogens with zero attached hydrogens (tertiary/aromatic N) is 2. The molecule has 2 amide bonds. The average molecular weight is 441 g/mol. The summed E-state index contributed by atoms with van der Waals surface area (Å²) in [6, 6.07) is 17.7. The maximum atomic E-state index is 13.7. The number of hydrogen-bond acceptors (Lipinski definition) is 3. The van der Waals surface area contributed by atoms with Gasteiger partial charge in [-0.3, -0.25) is 4.79 Å². The van der Waals surface area contributed by atoms with E-state index in [0.717, 1.165) is 49.9 Å². The van der Waals surface area contributed by atoms with Crippen LogP contribution in [0.25, 0.3) is 11.3 Å². The first-order chi connectivity index (χ1) is 16.1. The Labute approximate surface area is 193 Å². The lowest BCUT2D eigenvalue weighted by Crippen LogP contribution is -2.59. The van der Waals surface area contributed by atoms with E-state index in [0.29, 0.717) is 12.2 Å². The van der Waals surface area contributed by atoms with E-state index in [1.807, 2.05) is 48.9 Å². The Hall–Kier alpha value is -3.41. The summed E-state index contributed by atoms with van der Waals surface area (Å²) < 4.78 is 2.16. The van der Waals surface area contributed by atoms with Crippen LogP contribution in [0.2, 0.25) is 0 Å². The lowest BCUT2D eigenvalue weighted by Gasteiger charge is -2.53. The zero-order valence-corrected chi connectivity index (χ0v) is 18.6. The van der Waals surface area contributed by atoms with E-state index in [1.54, 1.807) is 0 Å². The highest BCUT2D eigenvalue weighted by Crippen LogP contribution is 2.54. The number of fused-ring (bicyclic) bond motifs is 6. The van der Waals surface area contributed by atoms with E-state index in [2.05, 4.69) is 38.4 Å². The van der Waals surface area contributed by atoms with Gasteiger partial charge in [0.05, 0.1) is 24.3 Å². The zero-order valence-electron chi connectivity index (χ0n) is 18.6. The lowest BCUT2D eigenvalue weighted by molar-refractivity contribution is -0.136. The third-order valence-corrected chi connectivity index (χ3v) is 8.22. The molecule has 6 nitrogen and oxygen atoms in total. The molecule has 2 heterocycles. The molecule has 1 unspecified atom stereocenters. The number of ketones is 1. The summed E-state index contributed by atoms with van der Waals surface area (Å²) in [5.41, 5.74) is 3.85. The number of para-hydroxylation sites is 1.